The molecule has 2 N–H and O–H groups in total. The number of carbonyl (C=O) groups excluding carboxylic acids is 1. The van der Waals surface area contributed by atoms with E-state index >= 15 is 0 Å². The van der Waals surface area contributed by atoms with Gasteiger partial charge in [-0.1, -0.05) is 32.8 Å². The second-order valence-electron chi connectivity index (χ2n) is 9.76. The number of amides is 1. The summed E-state index contributed by atoms with van der Waals surface area (Å²) in [6.45, 7) is 3.39. The molecule has 1 aliphatic carbocycles. The highest BCUT2D eigenvalue weighted by molar-refractivity contribution is 7.92. The molecule has 198 valence electrons. The lowest BCUT2D eigenvalue weighted by atomic mass is 10.0. The van der Waals surface area contributed by atoms with Gasteiger partial charge in [0, 0.05) is 13.0 Å². The fourth-order valence-electron chi connectivity index (χ4n) is 5.25. The van der Waals surface area contributed by atoms with E-state index in [1.807, 2.05) is 0 Å². The minimum absolute atomic E-state index is 0. The average Bonchev–Trinajstić information content (AvgIpc) is 3.36. The molecule has 3 aliphatic rings. The Kier molecular flexibility index (Phi) is 10.2. The minimum atomic E-state index is -3.16. The zero-order valence-electron chi connectivity index (χ0n) is 19.9. The molecule has 2 heterocycles. The number of likely N-dealkylation sites (tertiary alicyclic amines) is 1. The Morgan fingerprint density at radius 1 is 1.06 bits per heavy atom. The molecule has 0 bridgehead atoms. The first-order valence-corrected chi connectivity index (χ1v) is 14.4. The molecule has 2 fully saturated rings. The highest BCUT2D eigenvalue weighted by Crippen LogP contribution is 2.33. The molecular formula is C26H42N2O6S. The summed E-state index contributed by atoms with van der Waals surface area (Å²) in [5, 5.41) is 13.9. The number of benzene rings is 1. The van der Waals surface area contributed by atoms with Crippen LogP contribution in [0.3, 0.4) is 0 Å². The van der Waals surface area contributed by atoms with Crippen molar-refractivity contribution in [1.82, 2.24) is 10.2 Å². The molecule has 1 aromatic carbocycles. The van der Waals surface area contributed by atoms with E-state index in [0.717, 1.165) is 58.0 Å². The van der Waals surface area contributed by atoms with Crippen LogP contribution >= 0.6 is 0 Å². The number of carbonyl (C=O) groups is 1. The van der Waals surface area contributed by atoms with E-state index in [4.69, 9.17) is 9.47 Å². The molecule has 1 saturated carbocycles. The van der Waals surface area contributed by atoms with Gasteiger partial charge in [0.05, 0.1) is 17.0 Å². The van der Waals surface area contributed by atoms with Crippen LogP contribution in [0, 0.1) is 0 Å². The first-order chi connectivity index (χ1) is 16.4. The number of hydrogen-bond acceptors (Lipinski definition) is 7. The Labute approximate surface area is 210 Å². The summed E-state index contributed by atoms with van der Waals surface area (Å²) in [7, 11) is -3.16. The Morgan fingerprint density at radius 2 is 1.74 bits per heavy atom. The van der Waals surface area contributed by atoms with Gasteiger partial charge in [-0.15, -0.1) is 0 Å². The number of rotatable bonds is 10. The fraction of sp³-hybridized carbons (Fsp3) is 0.731. The molecule has 2 atom stereocenters. The van der Waals surface area contributed by atoms with E-state index in [9.17, 15) is 18.3 Å². The van der Waals surface area contributed by atoms with Gasteiger partial charge in [-0.05, 0) is 62.9 Å². The van der Waals surface area contributed by atoms with Crippen LogP contribution in [0.1, 0.15) is 76.9 Å². The SMILES string of the molecule is C.O=C(CCCS(=O)(=O)C1CCCCC1)N[C@H](CN1CCCC1)[C@H](O)c1ccc2c(c1)OCCO2. The second-order valence-corrected chi connectivity index (χ2v) is 12.2. The van der Waals surface area contributed by atoms with Gasteiger partial charge in [0.1, 0.15) is 19.3 Å². The molecule has 1 amide bonds. The van der Waals surface area contributed by atoms with E-state index < -0.39 is 22.0 Å². The zero-order valence-corrected chi connectivity index (χ0v) is 20.7. The highest BCUT2D eigenvalue weighted by atomic mass is 32.2. The van der Waals surface area contributed by atoms with Crippen molar-refractivity contribution in [2.24, 2.45) is 0 Å². The maximum atomic E-state index is 12.8. The van der Waals surface area contributed by atoms with E-state index in [1.54, 1.807) is 18.2 Å². The normalized spacial score (nSPS) is 20.6. The van der Waals surface area contributed by atoms with Crippen LogP contribution in [-0.2, 0) is 14.6 Å². The zero-order chi connectivity index (χ0) is 24.0. The number of fused-ring (bicyclic) bond motifs is 1. The fourth-order valence-corrected chi connectivity index (χ4v) is 7.18. The van der Waals surface area contributed by atoms with Crippen molar-refractivity contribution in [1.29, 1.82) is 0 Å². The van der Waals surface area contributed by atoms with Crippen LogP contribution in [-0.4, -0.2) is 74.2 Å². The standard InChI is InChI=1S/C25H38N2O6S.CH4/c28-24(9-6-16-34(30,31)20-7-2-1-3-8-20)26-21(18-27-12-4-5-13-27)25(29)19-10-11-22-23(17-19)33-15-14-32-22;/h10-11,17,20-21,25,29H,1-9,12-16,18H2,(H,26,28);1H4/t21-,25-;/m1./s1. The molecule has 9 heteroatoms. The van der Waals surface area contributed by atoms with Crippen LogP contribution in [0.2, 0.25) is 0 Å². The lowest BCUT2D eigenvalue weighted by Crippen LogP contribution is -2.46. The van der Waals surface area contributed by atoms with Gasteiger partial charge in [-0.3, -0.25) is 4.79 Å². The van der Waals surface area contributed by atoms with Crippen molar-refractivity contribution < 1.29 is 27.8 Å². The minimum Gasteiger partial charge on any atom is -0.486 e. The van der Waals surface area contributed by atoms with Crippen LogP contribution in [0.5, 0.6) is 11.5 Å². The topological polar surface area (TPSA) is 105 Å². The predicted molar refractivity (Wildman–Crippen MR) is 137 cm³/mol. The van der Waals surface area contributed by atoms with Crippen molar-refractivity contribution in [2.75, 3.05) is 38.6 Å². The predicted octanol–water partition coefficient (Wildman–Crippen LogP) is 3.24. The molecule has 2 aliphatic heterocycles. The quantitative estimate of drug-likeness (QED) is 0.498. The van der Waals surface area contributed by atoms with E-state index in [0.29, 0.717) is 43.2 Å². The molecule has 0 aromatic heterocycles. The lowest BCUT2D eigenvalue weighted by molar-refractivity contribution is -0.122. The third kappa shape index (κ3) is 7.57. The number of aliphatic hydroxyl groups is 1. The van der Waals surface area contributed by atoms with Gasteiger partial charge in [-0.25, -0.2) is 8.42 Å². The molecular weight excluding hydrogens is 468 g/mol. The molecule has 0 radical (unpaired) electrons. The number of aliphatic hydroxyl groups excluding tert-OH is 1. The van der Waals surface area contributed by atoms with Crippen LogP contribution in [0.4, 0.5) is 0 Å². The molecule has 35 heavy (non-hydrogen) atoms. The monoisotopic (exact) mass is 510 g/mol. The summed E-state index contributed by atoms with van der Waals surface area (Å²) >= 11 is 0. The third-order valence-electron chi connectivity index (χ3n) is 7.18. The van der Waals surface area contributed by atoms with Gasteiger partial charge in [0.15, 0.2) is 21.3 Å². The number of nitrogens with one attached hydrogen (secondary N) is 1. The first kappa shape index (κ1) is 27.7. The molecule has 8 nitrogen and oxygen atoms in total. The number of hydrogen-bond donors (Lipinski definition) is 2. The summed E-state index contributed by atoms with van der Waals surface area (Å²) in [4.78, 5) is 15.0. The van der Waals surface area contributed by atoms with Crippen LogP contribution in [0.15, 0.2) is 18.2 Å². The second kappa shape index (κ2) is 12.9. The Bertz CT molecular complexity index is 926. The number of nitrogens with zero attached hydrogens (tertiary/aromatic N) is 1. The number of ether oxygens (including phenoxy) is 2. The van der Waals surface area contributed by atoms with Crippen molar-refractivity contribution in [2.45, 2.75) is 82.6 Å². The molecule has 0 spiro atoms. The van der Waals surface area contributed by atoms with Gasteiger partial charge in [0.2, 0.25) is 5.91 Å². The lowest BCUT2D eigenvalue weighted by Gasteiger charge is -2.29. The van der Waals surface area contributed by atoms with Gasteiger partial charge < -0.3 is 24.8 Å². The number of sulfone groups is 1. The molecule has 0 unspecified atom stereocenters. The summed E-state index contributed by atoms with van der Waals surface area (Å²) in [6, 6.07) is 4.87. The molecule has 4 rings (SSSR count). The Hall–Kier alpha value is -1.84. The van der Waals surface area contributed by atoms with Crippen molar-refractivity contribution in [3.63, 3.8) is 0 Å². The maximum absolute atomic E-state index is 12.8. The van der Waals surface area contributed by atoms with Crippen molar-refractivity contribution >= 4 is 15.7 Å². The van der Waals surface area contributed by atoms with Gasteiger partial charge in [-0.2, -0.15) is 0 Å². The van der Waals surface area contributed by atoms with Crippen molar-refractivity contribution in [3.8, 4) is 11.5 Å². The molecule has 1 saturated heterocycles. The van der Waals surface area contributed by atoms with Crippen LogP contribution < -0.4 is 14.8 Å². The van der Waals surface area contributed by atoms with Gasteiger partial charge >= 0.3 is 0 Å². The molecule has 1 aromatic rings. The smallest absolute Gasteiger partial charge is 0.220 e. The summed E-state index contributed by atoms with van der Waals surface area (Å²) in [5.74, 6) is 1.08. The Balaban J connectivity index is 0.00000342. The average molecular weight is 511 g/mol. The highest BCUT2D eigenvalue weighted by Gasteiger charge is 2.29. The van der Waals surface area contributed by atoms with E-state index in [1.165, 1.54) is 0 Å². The van der Waals surface area contributed by atoms with Gasteiger partial charge in [0.25, 0.3) is 0 Å². The third-order valence-corrected chi connectivity index (χ3v) is 9.53. The summed E-state index contributed by atoms with van der Waals surface area (Å²) in [5.41, 5.74) is 0.661. The largest absolute Gasteiger partial charge is 0.486 e. The summed E-state index contributed by atoms with van der Waals surface area (Å²) in [6.07, 6.45) is 6.30. The maximum Gasteiger partial charge on any atom is 0.220 e. The van der Waals surface area contributed by atoms with E-state index in [2.05, 4.69) is 10.2 Å². The Morgan fingerprint density at radius 3 is 2.46 bits per heavy atom. The van der Waals surface area contributed by atoms with Crippen LogP contribution in [0.25, 0.3) is 0 Å². The first-order valence-electron chi connectivity index (χ1n) is 12.7. The van der Waals surface area contributed by atoms with E-state index in [-0.39, 0.29) is 30.8 Å². The summed E-state index contributed by atoms with van der Waals surface area (Å²) < 4.78 is 36.5. The van der Waals surface area contributed by atoms with Crippen molar-refractivity contribution in [3.05, 3.63) is 23.8 Å².